The zero-order chi connectivity index (χ0) is 30.3. The van der Waals surface area contributed by atoms with Crippen molar-refractivity contribution in [1.29, 1.82) is 0 Å². The number of rotatable bonds is 11. The molecule has 0 saturated carbocycles. The van der Waals surface area contributed by atoms with E-state index in [2.05, 4.69) is 0 Å². The Kier molecular flexibility index (Phi) is 9.59. The summed E-state index contributed by atoms with van der Waals surface area (Å²) in [6, 6.07) is 29.8. The molecule has 1 unspecified atom stereocenters. The van der Waals surface area contributed by atoms with Crippen LogP contribution in [0.2, 0.25) is 0 Å². The van der Waals surface area contributed by atoms with Crippen molar-refractivity contribution >= 4 is 46.3 Å². The number of benzene rings is 4. The predicted molar refractivity (Wildman–Crippen MR) is 174 cm³/mol. The van der Waals surface area contributed by atoms with E-state index in [0.717, 1.165) is 34.0 Å². The minimum atomic E-state index is -1.12. The van der Waals surface area contributed by atoms with Gasteiger partial charge in [0.1, 0.15) is 35.1 Å². The van der Waals surface area contributed by atoms with Crippen LogP contribution >= 0.6 is 24.0 Å². The van der Waals surface area contributed by atoms with Crippen LogP contribution < -0.4 is 9.47 Å². The molecule has 6 nitrogen and oxygen atoms in total. The first kappa shape index (κ1) is 30.1. The molecule has 43 heavy (non-hydrogen) atoms. The fraction of sp³-hybridized carbons (Fsp3) is 0.171. The lowest BCUT2D eigenvalue weighted by molar-refractivity contribution is -0.145. The van der Waals surface area contributed by atoms with E-state index in [1.54, 1.807) is 6.08 Å². The first-order chi connectivity index (χ1) is 20.8. The van der Waals surface area contributed by atoms with Crippen molar-refractivity contribution in [1.82, 2.24) is 4.90 Å². The first-order valence-corrected chi connectivity index (χ1v) is 15.0. The van der Waals surface area contributed by atoms with Gasteiger partial charge in [-0.15, -0.1) is 0 Å². The second-order valence-corrected chi connectivity index (χ2v) is 12.0. The van der Waals surface area contributed by atoms with Crippen molar-refractivity contribution in [3.63, 3.8) is 0 Å². The summed E-state index contributed by atoms with van der Waals surface area (Å²) in [4.78, 5) is 27.4. The van der Waals surface area contributed by atoms with Crippen molar-refractivity contribution in [3.8, 4) is 11.5 Å². The fourth-order valence-corrected chi connectivity index (χ4v) is 5.92. The predicted octanol–water partition coefficient (Wildman–Crippen LogP) is 7.36. The van der Waals surface area contributed by atoms with Crippen LogP contribution in [-0.2, 0) is 29.2 Å². The Morgan fingerprint density at radius 3 is 2.07 bits per heavy atom. The molecule has 0 aliphatic carbocycles. The molecule has 1 saturated heterocycles. The van der Waals surface area contributed by atoms with E-state index in [-0.39, 0.29) is 10.7 Å². The highest BCUT2D eigenvalue weighted by Crippen LogP contribution is 2.37. The second-order valence-electron chi connectivity index (χ2n) is 10.3. The third-order valence-corrected chi connectivity index (χ3v) is 8.33. The van der Waals surface area contributed by atoms with Gasteiger partial charge in [0, 0.05) is 12.0 Å². The Bertz CT molecular complexity index is 1650. The molecule has 0 spiro atoms. The van der Waals surface area contributed by atoms with Gasteiger partial charge in [0.05, 0.1) is 4.91 Å². The number of carbonyl (C=O) groups excluding carboxylic acids is 1. The van der Waals surface area contributed by atoms with Crippen LogP contribution in [0.25, 0.3) is 6.08 Å². The SMILES string of the molecule is Cc1ccc(COc2ccc(OCc3ccc(C)cc3)c(C=C3SC(=S)N(C(Cc4ccccc4)C(=O)O)C3=O)c2)cc1. The molecule has 0 aromatic heterocycles. The number of thiocarbonyl (C=S) groups is 1. The summed E-state index contributed by atoms with van der Waals surface area (Å²) in [5, 5.41) is 10.0. The highest BCUT2D eigenvalue weighted by molar-refractivity contribution is 8.26. The fourth-order valence-electron chi connectivity index (χ4n) is 4.57. The summed E-state index contributed by atoms with van der Waals surface area (Å²) < 4.78 is 12.5. The van der Waals surface area contributed by atoms with Crippen LogP contribution in [0, 0.1) is 13.8 Å². The first-order valence-electron chi connectivity index (χ1n) is 13.8. The quantitative estimate of drug-likeness (QED) is 0.141. The Balaban J connectivity index is 1.42. The molecule has 1 N–H and O–H groups in total. The zero-order valence-corrected chi connectivity index (χ0v) is 25.5. The molecule has 0 bridgehead atoms. The van der Waals surface area contributed by atoms with Crippen molar-refractivity contribution in [2.24, 2.45) is 0 Å². The van der Waals surface area contributed by atoms with Crippen molar-refractivity contribution < 1.29 is 24.2 Å². The monoisotopic (exact) mass is 609 g/mol. The van der Waals surface area contributed by atoms with Gasteiger partial charge in [0.2, 0.25) is 0 Å². The van der Waals surface area contributed by atoms with Crippen LogP contribution in [0.5, 0.6) is 11.5 Å². The van der Waals surface area contributed by atoms with Gasteiger partial charge in [0.15, 0.2) is 0 Å². The Labute approximate surface area is 261 Å². The highest BCUT2D eigenvalue weighted by atomic mass is 32.2. The summed E-state index contributed by atoms with van der Waals surface area (Å²) >= 11 is 6.60. The molecule has 1 amide bonds. The number of aliphatic carboxylic acids is 1. The molecule has 1 aliphatic rings. The van der Waals surface area contributed by atoms with E-state index in [9.17, 15) is 14.7 Å². The molecule has 4 aromatic rings. The summed E-state index contributed by atoms with van der Waals surface area (Å²) in [5.74, 6) is -0.395. The van der Waals surface area contributed by atoms with Crippen LogP contribution in [-0.4, -0.2) is 32.2 Å². The molecule has 8 heteroatoms. The number of ether oxygens (including phenoxy) is 2. The van der Waals surface area contributed by atoms with Crippen LogP contribution in [0.3, 0.4) is 0 Å². The van der Waals surface area contributed by atoms with Crippen LogP contribution in [0.15, 0.2) is 102 Å². The lowest BCUT2D eigenvalue weighted by atomic mass is 10.0. The molecular formula is C35H31NO5S2. The van der Waals surface area contributed by atoms with Gasteiger partial charge in [-0.1, -0.05) is 114 Å². The van der Waals surface area contributed by atoms with Crippen molar-refractivity contribution in [2.75, 3.05) is 0 Å². The molecule has 1 aliphatic heterocycles. The number of hydrogen-bond acceptors (Lipinski definition) is 6. The van der Waals surface area contributed by atoms with Gasteiger partial charge in [0.25, 0.3) is 5.91 Å². The number of amides is 1. The molecule has 5 rings (SSSR count). The van der Waals surface area contributed by atoms with Crippen molar-refractivity contribution in [2.45, 2.75) is 39.5 Å². The Morgan fingerprint density at radius 2 is 1.47 bits per heavy atom. The largest absolute Gasteiger partial charge is 0.489 e. The molecule has 0 radical (unpaired) electrons. The van der Waals surface area contributed by atoms with E-state index >= 15 is 0 Å². The van der Waals surface area contributed by atoms with E-state index in [4.69, 9.17) is 21.7 Å². The van der Waals surface area contributed by atoms with E-state index in [1.807, 2.05) is 111 Å². The number of carboxylic acids is 1. The summed E-state index contributed by atoms with van der Waals surface area (Å²) in [6.45, 7) is 4.78. The molecule has 1 heterocycles. The maximum absolute atomic E-state index is 13.6. The Hall–Kier alpha value is -4.40. The van der Waals surface area contributed by atoms with Crippen molar-refractivity contribution in [3.05, 3.63) is 135 Å². The smallest absolute Gasteiger partial charge is 0.327 e. The number of hydrogen-bond donors (Lipinski definition) is 1. The topological polar surface area (TPSA) is 76.1 Å². The number of aryl methyl sites for hydroxylation is 2. The van der Waals surface area contributed by atoms with Gasteiger partial charge in [-0.25, -0.2) is 4.79 Å². The average Bonchev–Trinajstić information content (AvgIpc) is 3.28. The molecule has 1 fully saturated rings. The van der Waals surface area contributed by atoms with Crippen LogP contribution in [0.4, 0.5) is 0 Å². The molecule has 1 atom stereocenters. The number of carbonyl (C=O) groups is 2. The Morgan fingerprint density at radius 1 is 0.860 bits per heavy atom. The van der Waals surface area contributed by atoms with Crippen LogP contribution in [0.1, 0.15) is 33.4 Å². The summed E-state index contributed by atoms with van der Waals surface area (Å²) in [7, 11) is 0. The molecule has 4 aromatic carbocycles. The maximum Gasteiger partial charge on any atom is 0.327 e. The van der Waals surface area contributed by atoms with E-state index < -0.39 is 17.9 Å². The highest BCUT2D eigenvalue weighted by Gasteiger charge is 2.40. The molecule has 218 valence electrons. The number of carboxylic acid groups (broad SMARTS) is 1. The normalized spacial score (nSPS) is 14.7. The molecular weight excluding hydrogens is 579 g/mol. The van der Waals surface area contributed by atoms with Gasteiger partial charge < -0.3 is 14.6 Å². The average molecular weight is 610 g/mol. The van der Waals surface area contributed by atoms with Gasteiger partial charge >= 0.3 is 5.97 Å². The summed E-state index contributed by atoms with van der Waals surface area (Å²) in [6.07, 6.45) is 1.84. The standard InChI is InChI=1S/C35H31NO5S2/c1-23-8-12-26(13-9-23)21-40-29-16-17-31(41-22-27-14-10-24(2)11-15-27)28(19-29)20-32-33(37)36(35(42)43-32)30(34(38)39)18-25-6-4-3-5-7-25/h3-17,19-20,30H,18,21-22H2,1-2H3,(H,38,39). The van der Waals surface area contributed by atoms with Gasteiger partial charge in [-0.2, -0.15) is 0 Å². The van der Waals surface area contributed by atoms with E-state index in [1.165, 1.54) is 10.5 Å². The third-order valence-electron chi connectivity index (χ3n) is 7.00. The summed E-state index contributed by atoms with van der Waals surface area (Å²) in [5.41, 5.74) is 5.81. The minimum Gasteiger partial charge on any atom is -0.489 e. The second kappa shape index (κ2) is 13.7. The lowest BCUT2D eigenvalue weighted by Gasteiger charge is -2.23. The number of nitrogens with zero attached hydrogens (tertiary/aromatic N) is 1. The third kappa shape index (κ3) is 7.71. The zero-order valence-electron chi connectivity index (χ0n) is 23.9. The minimum absolute atomic E-state index is 0.142. The van der Waals surface area contributed by atoms with Gasteiger partial charge in [-0.05, 0) is 54.8 Å². The maximum atomic E-state index is 13.6. The lowest BCUT2D eigenvalue weighted by Crippen LogP contribution is -2.45. The van der Waals surface area contributed by atoms with Gasteiger partial charge in [-0.3, -0.25) is 9.69 Å². The number of thioether (sulfide) groups is 1. The van der Waals surface area contributed by atoms with E-state index in [0.29, 0.717) is 35.2 Å².